The van der Waals surface area contributed by atoms with Gasteiger partial charge in [-0.25, -0.2) is 0 Å². The van der Waals surface area contributed by atoms with Crippen molar-refractivity contribution >= 4 is 41.3 Å². The van der Waals surface area contributed by atoms with Crippen LogP contribution in [-0.2, 0) is 11.8 Å². The zero-order chi connectivity index (χ0) is 15.4. The maximum atomic E-state index is 12.7. The molecule has 0 radical (unpaired) electrons. The number of rotatable bonds is 2. The summed E-state index contributed by atoms with van der Waals surface area (Å²) in [7, 11) is 1.90. The molecule has 0 bridgehead atoms. The number of nitrogens with one attached hydrogen (secondary N) is 1. The van der Waals surface area contributed by atoms with Crippen molar-refractivity contribution in [2.45, 2.75) is 36.4 Å². The van der Waals surface area contributed by atoms with Gasteiger partial charge in [-0.3, -0.25) is 9.89 Å². The third kappa shape index (κ3) is 2.41. The first kappa shape index (κ1) is 15.3. The third-order valence-electron chi connectivity index (χ3n) is 4.72. The largest absolute Gasteiger partial charge is 0.341 e. The number of hydrogen-bond acceptors (Lipinski definition) is 3. The van der Waals surface area contributed by atoms with Gasteiger partial charge in [0.2, 0.25) is 5.91 Å². The highest BCUT2D eigenvalue weighted by Crippen LogP contribution is 2.64. The van der Waals surface area contributed by atoms with Crippen LogP contribution in [0.5, 0.6) is 0 Å². The van der Waals surface area contributed by atoms with Crippen LogP contribution >= 0.6 is 35.4 Å². The van der Waals surface area contributed by atoms with Gasteiger partial charge in [-0.1, -0.05) is 0 Å². The van der Waals surface area contributed by atoms with Gasteiger partial charge in [0.25, 0.3) is 0 Å². The monoisotopic (exact) mass is 348 g/mol. The Morgan fingerprint density at radius 1 is 1.52 bits per heavy atom. The third-order valence-corrected chi connectivity index (χ3v) is 6.18. The summed E-state index contributed by atoms with van der Waals surface area (Å²) in [5.41, 5.74) is -0.644. The molecule has 2 atom stereocenters. The van der Waals surface area contributed by atoms with Crippen LogP contribution in [0.4, 0.5) is 0 Å². The summed E-state index contributed by atoms with van der Waals surface area (Å²) >= 11 is 17.4. The van der Waals surface area contributed by atoms with Crippen molar-refractivity contribution in [3.05, 3.63) is 10.6 Å². The normalized spacial score (nSPS) is 31.2. The molecule has 1 aliphatic heterocycles. The fourth-order valence-corrected chi connectivity index (χ4v) is 3.91. The standard InChI is InChI=1S/C13H18Cl2N4OS/c1-12(7-13(12,14)15)10(20)19-5-3-4-8(6-19)9-16-17-11(21)18(9)2/h8H,3-7H2,1-2H3,(H,17,21)/t8-,12-/m1/s1. The van der Waals surface area contributed by atoms with Crippen LogP contribution in [0, 0.1) is 10.2 Å². The second-order valence-electron chi connectivity index (χ2n) is 6.25. The molecule has 0 spiro atoms. The summed E-state index contributed by atoms with van der Waals surface area (Å²) in [6, 6.07) is 0. The highest BCUT2D eigenvalue weighted by atomic mass is 35.5. The molecule has 1 aromatic rings. The van der Waals surface area contributed by atoms with E-state index < -0.39 is 9.75 Å². The van der Waals surface area contributed by atoms with E-state index in [0.717, 1.165) is 25.2 Å². The van der Waals surface area contributed by atoms with Crippen LogP contribution in [0.15, 0.2) is 0 Å². The molecule has 21 heavy (non-hydrogen) atoms. The molecule has 1 aliphatic carbocycles. The number of amides is 1. The number of nitrogens with zero attached hydrogens (tertiary/aromatic N) is 3. The molecule has 8 heteroatoms. The Balaban J connectivity index is 1.76. The van der Waals surface area contributed by atoms with Crippen LogP contribution in [0.25, 0.3) is 0 Å². The summed E-state index contributed by atoms with van der Waals surface area (Å²) in [5, 5.41) is 7.10. The molecule has 0 unspecified atom stereocenters. The number of hydrogen-bond donors (Lipinski definition) is 1. The second kappa shape index (κ2) is 4.96. The van der Waals surface area contributed by atoms with E-state index in [1.54, 1.807) is 0 Å². The topological polar surface area (TPSA) is 53.9 Å². The number of halogens is 2. The maximum Gasteiger partial charge on any atom is 0.231 e. The van der Waals surface area contributed by atoms with E-state index in [0.29, 0.717) is 17.7 Å². The van der Waals surface area contributed by atoms with Gasteiger partial charge in [0.05, 0.1) is 5.41 Å². The van der Waals surface area contributed by atoms with Gasteiger partial charge in [-0.15, -0.1) is 23.2 Å². The molecule has 1 saturated heterocycles. The summed E-state index contributed by atoms with van der Waals surface area (Å²) in [6.45, 7) is 3.24. The fourth-order valence-electron chi connectivity index (χ4n) is 3.08. The van der Waals surface area contributed by atoms with E-state index in [2.05, 4.69) is 10.2 Å². The predicted octanol–water partition coefficient (Wildman–Crippen LogP) is 2.77. The highest BCUT2D eigenvalue weighted by Gasteiger charge is 2.68. The lowest BCUT2D eigenvalue weighted by Gasteiger charge is -2.34. The van der Waals surface area contributed by atoms with Crippen LogP contribution in [-0.4, -0.2) is 43.0 Å². The van der Waals surface area contributed by atoms with Crippen molar-refractivity contribution in [3.63, 3.8) is 0 Å². The van der Waals surface area contributed by atoms with Crippen LogP contribution in [0.3, 0.4) is 0 Å². The van der Waals surface area contributed by atoms with Crippen molar-refractivity contribution < 1.29 is 4.79 Å². The van der Waals surface area contributed by atoms with Crippen molar-refractivity contribution in [1.29, 1.82) is 0 Å². The van der Waals surface area contributed by atoms with Gasteiger partial charge in [-0.05, 0) is 38.4 Å². The smallest absolute Gasteiger partial charge is 0.231 e. The van der Waals surface area contributed by atoms with Gasteiger partial charge < -0.3 is 9.47 Å². The average Bonchev–Trinajstić information content (AvgIpc) is 2.78. The Morgan fingerprint density at radius 3 is 2.71 bits per heavy atom. The number of carbonyl (C=O) groups is 1. The second-order valence-corrected chi connectivity index (χ2v) is 8.12. The first-order chi connectivity index (χ1) is 9.76. The van der Waals surface area contributed by atoms with E-state index in [-0.39, 0.29) is 11.8 Å². The minimum Gasteiger partial charge on any atom is -0.341 e. The van der Waals surface area contributed by atoms with E-state index in [9.17, 15) is 4.79 Å². The van der Waals surface area contributed by atoms with Gasteiger partial charge >= 0.3 is 0 Å². The Labute approximate surface area is 138 Å². The fraction of sp³-hybridized carbons (Fsp3) is 0.769. The molecule has 1 N–H and O–H groups in total. The minimum absolute atomic E-state index is 0.0500. The summed E-state index contributed by atoms with van der Waals surface area (Å²) in [6.07, 6.45) is 2.47. The number of H-pyrrole nitrogens is 1. The van der Waals surface area contributed by atoms with Gasteiger partial charge in [0.15, 0.2) is 4.77 Å². The molecule has 3 rings (SSSR count). The van der Waals surface area contributed by atoms with E-state index in [4.69, 9.17) is 35.4 Å². The molecular weight excluding hydrogens is 331 g/mol. The van der Waals surface area contributed by atoms with Crippen molar-refractivity contribution in [3.8, 4) is 0 Å². The molecule has 2 aliphatic rings. The first-order valence-corrected chi connectivity index (χ1v) is 8.21. The molecule has 2 heterocycles. The number of aromatic nitrogens is 3. The molecule has 1 aromatic heterocycles. The summed E-state index contributed by atoms with van der Waals surface area (Å²) < 4.78 is 1.56. The molecule has 1 saturated carbocycles. The lowest BCUT2D eigenvalue weighted by molar-refractivity contribution is -0.137. The lowest BCUT2D eigenvalue weighted by Crippen LogP contribution is -2.44. The quantitative estimate of drug-likeness (QED) is 0.660. The number of piperidine rings is 1. The Kier molecular flexibility index (Phi) is 3.62. The van der Waals surface area contributed by atoms with Crippen LogP contribution in [0.1, 0.15) is 37.9 Å². The SMILES string of the molecule is Cn1c([C@@H]2CCCN(C(=O)[C@@]3(C)CC3(Cl)Cl)C2)n[nH]c1=S. The molecule has 1 amide bonds. The highest BCUT2D eigenvalue weighted by molar-refractivity contribution is 7.71. The molecule has 116 valence electrons. The summed E-state index contributed by atoms with van der Waals surface area (Å²) in [4.78, 5) is 14.5. The maximum absolute atomic E-state index is 12.7. The number of carbonyl (C=O) groups excluding carboxylic acids is 1. The Bertz CT molecular complexity index is 640. The van der Waals surface area contributed by atoms with Crippen LogP contribution in [0.2, 0.25) is 0 Å². The Morgan fingerprint density at radius 2 is 2.19 bits per heavy atom. The first-order valence-electron chi connectivity index (χ1n) is 7.05. The average molecular weight is 349 g/mol. The lowest BCUT2D eigenvalue weighted by atomic mass is 9.95. The Hall–Kier alpha value is -0.590. The van der Waals surface area contributed by atoms with E-state index in [1.807, 2.05) is 23.4 Å². The molecule has 5 nitrogen and oxygen atoms in total. The van der Waals surface area contributed by atoms with Crippen molar-refractivity contribution in [2.24, 2.45) is 12.5 Å². The molecular formula is C13H18Cl2N4OS. The zero-order valence-corrected chi connectivity index (χ0v) is 14.4. The number of likely N-dealkylation sites (tertiary alicyclic amines) is 1. The van der Waals surface area contributed by atoms with E-state index >= 15 is 0 Å². The molecule has 0 aromatic carbocycles. The molecule has 2 fully saturated rings. The van der Waals surface area contributed by atoms with E-state index in [1.165, 1.54) is 0 Å². The van der Waals surface area contributed by atoms with Crippen molar-refractivity contribution in [1.82, 2.24) is 19.7 Å². The predicted molar refractivity (Wildman–Crippen MR) is 84.1 cm³/mol. The minimum atomic E-state index is -0.915. The van der Waals surface area contributed by atoms with Crippen molar-refractivity contribution in [2.75, 3.05) is 13.1 Å². The summed E-state index contributed by atoms with van der Waals surface area (Å²) in [5.74, 6) is 1.15. The zero-order valence-electron chi connectivity index (χ0n) is 12.0. The van der Waals surface area contributed by atoms with Gasteiger partial charge in [0.1, 0.15) is 10.2 Å². The van der Waals surface area contributed by atoms with Crippen LogP contribution < -0.4 is 0 Å². The van der Waals surface area contributed by atoms with Gasteiger partial charge in [0, 0.05) is 26.1 Å². The number of aromatic amines is 1. The van der Waals surface area contributed by atoms with Gasteiger partial charge in [-0.2, -0.15) is 5.10 Å². The number of alkyl halides is 2.